The van der Waals surface area contributed by atoms with Crippen LogP contribution in [-0.2, 0) is 13.9 Å². The van der Waals surface area contributed by atoms with Crippen LogP contribution in [0.3, 0.4) is 0 Å². The van der Waals surface area contributed by atoms with Crippen LogP contribution in [0.5, 0.6) is 0 Å². The Balaban J connectivity index is 1.57. The molecule has 1 aliphatic rings. The van der Waals surface area contributed by atoms with Crippen molar-refractivity contribution in [2.45, 2.75) is 70.6 Å². The number of benzene rings is 2. The summed E-state index contributed by atoms with van der Waals surface area (Å²) in [6.45, 7) is 8.23. The molecule has 0 N–H and O–H groups in total. The zero-order valence-corrected chi connectivity index (χ0v) is 21.4. The van der Waals surface area contributed by atoms with E-state index in [-0.39, 0.29) is 23.8 Å². The molecule has 3 rings (SSSR count). The molecule has 33 heavy (non-hydrogen) atoms. The predicted octanol–water partition coefficient (Wildman–Crippen LogP) is 6.13. The number of halogens is 1. The third-order valence-electron chi connectivity index (χ3n) is 6.24. The van der Waals surface area contributed by atoms with E-state index in [0.29, 0.717) is 19.6 Å². The number of ether oxygens (including phenoxy) is 2. The van der Waals surface area contributed by atoms with Crippen molar-refractivity contribution in [3.05, 3.63) is 72.6 Å². The minimum Gasteiger partial charge on any atom is -0.407 e. The Bertz CT molecular complexity index is 803. The minimum atomic E-state index is -2.49. The first-order chi connectivity index (χ1) is 15.9. The molecule has 2 aromatic carbocycles. The fraction of sp³-hybridized carbons (Fsp3) is 0.500. The molecule has 1 saturated heterocycles. The van der Waals surface area contributed by atoms with E-state index in [0.717, 1.165) is 32.1 Å². The highest BCUT2D eigenvalue weighted by Crippen LogP contribution is 2.36. The van der Waals surface area contributed by atoms with Crippen LogP contribution in [-0.4, -0.2) is 34.4 Å². The van der Waals surface area contributed by atoms with E-state index in [2.05, 4.69) is 81.4 Å². The lowest BCUT2D eigenvalue weighted by Gasteiger charge is -2.43. The van der Waals surface area contributed by atoms with Crippen LogP contribution in [0.2, 0.25) is 5.04 Å². The van der Waals surface area contributed by atoms with Gasteiger partial charge >= 0.3 is 0 Å². The average Bonchev–Trinajstić information content (AvgIpc) is 2.83. The van der Waals surface area contributed by atoms with Crippen molar-refractivity contribution >= 4 is 18.7 Å². The van der Waals surface area contributed by atoms with Crippen molar-refractivity contribution in [2.75, 3.05) is 19.8 Å². The molecule has 0 aliphatic carbocycles. The second-order valence-electron chi connectivity index (χ2n) is 9.77. The summed E-state index contributed by atoms with van der Waals surface area (Å²) in [5.41, 5.74) is 0. The SMILES string of the molecule is CC(C)(C)[Si](OCCCCC=C(F)COC1CCCCO1)(c1ccccc1)c1ccccc1. The molecule has 2 aromatic rings. The fourth-order valence-electron chi connectivity index (χ4n) is 4.57. The van der Waals surface area contributed by atoms with Gasteiger partial charge in [0.25, 0.3) is 8.32 Å². The van der Waals surface area contributed by atoms with Crippen molar-refractivity contribution in [1.82, 2.24) is 0 Å². The molecule has 0 bridgehead atoms. The van der Waals surface area contributed by atoms with Gasteiger partial charge < -0.3 is 13.9 Å². The monoisotopic (exact) mass is 470 g/mol. The van der Waals surface area contributed by atoms with E-state index in [1.165, 1.54) is 10.4 Å². The maximum Gasteiger partial charge on any atom is 0.261 e. The molecular weight excluding hydrogens is 431 g/mol. The number of hydrogen-bond donors (Lipinski definition) is 0. The Kier molecular flexibility index (Phi) is 9.87. The second-order valence-corrected chi connectivity index (χ2v) is 14.1. The Hall–Kier alpha value is -1.79. The van der Waals surface area contributed by atoms with Crippen LogP contribution in [0.4, 0.5) is 4.39 Å². The topological polar surface area (TPSA) is 27.7 Å². The Morgan fingerprint density at radius 1 is 1.00 bits per heavy atom. The second kappa shape index (κ2) is 12.6. The number of allylic oxidation sites excluding steroid dienone is 1. The molecule has 180 valence electrons. The third kappa shape index (κ3) is 7.09. The molecule has 5 heteroatoms. The molecule has 3 nitrogen and oxygen atoms in total. The maximum absolute atomic E-state index is 14.1. The summed E-state index contributed by atoms with van der Waals surface area (Å²) in [6, 6.07) is 21.3. The molecular formula is C28H39FO3Si. The lowest BCUT2D eigenvalue weighted by molar-refractivity contribution is -0.159. The Labute approximate surface area is 200 Å². The van der Waals surface area contributed by atoms with Crippen LogP contribution in [0.25, 0.3) is 0 Å². The highest BCUT2D eigenvalue weighted by atomic mass is 28.4. The summed E-state index contributed by atoms with van der Waals surface area (Å²) < 4.78 is 32.0. The normalized spacial score (nSPS) is 17.8. The predicted molar refractivity (Wildman–Crippen MR) is 136 cm³/mol. The zero-order chi connectivity index (χ0) is 23.6. The van der Waals surface area contributed by atoms with E-state index < -0.39 is 8.32 Å². The molecule has 1 unspecified atom stereocenters. The van der Waals surface area contributed by atoms with E-state index in [9.17, 15) is 4.39 Å². The maximum atomic E-state index is 14.1. The lowest BCUT2D eigenvalue weighted by Crippen LogP contribution is -2.66. The molecule has 1 heterocycles. The lowest BCUT2D eigenvalue weighted by atomic mass is 10.2. The van der Waals surface area contributed by atoms with Crippen molar-refractivity contribution < 1.29 is 18.3 Å². The molecule has 0 radical (unpaired) electrons. The van der Waals surface area contributed by atoms with Gasteiger partial charge in [-0.2, -0.15) is 0 Å². The van der Waals surface area contributed by atoms with E-state index >= 15 is 0 Å². The van der Waals surface area contributed by atoms with Gasteiger partial charge in [0.05, 0.1) is 0 Å². The molecule has 1 aliphatic heterocycles. The number of unbranched alkanes of at least 4 members (excludes halogenated alkanes) is 2. The van der Waals surface area contributed by atoms with Gasteiger partial charge in [-0.3, -0.25) is 0 Å². The summed E-state index contributed by atoms with van der Waals surface area (Å²) in [5.74, 6) is -0.211. The number of hydrogen-bond acceptors (Lipinski definition) is 3. The quantitative estimate of drug-likeness (QED) is 0.292. The Morgan fingerprint density at radius 3 is 2.18 bits per heavy atom. The van der Waals surface area contributed by atoms with Crippen LogP contribution in [0, 0.1) is 0 Å². The molecule has 0 aromatic heterocycles. The van der Waals surface area contributed by atoms with Crippen LogP contribution in [0.1, 0.15) is 59.3 Å². The zero-order valence-electron chi connectivity index (χ0n) is 20.4. The van der Waals surface area contributed by atoms with Gasteiger partial charge in [-0.25, -0.2) is 4.39 Å². The largest absolute Gasteiger partial charge is 0.407 e. The first-order valence-corrected chi connectivity index (χ1v) is 14.2. The van der Waals surface area contributed by atoms with Gasteiger partial charge in [0, 0.05) is 13.2 Å². The summed E-state index contributed by atoms with van der Waals surface area (Å²) in [6.07, 6.45) is 6.85. The molecule has 1 fully saturated rings. The first kappa shape index (κ1) is 25.8. The first-order valence-electron chi connectivity index (χ1n) is 12.3. The van der Waals surface area contributed by atoms with Crippen molar-refractivity contribution in [3.63, 3.8) is 0 Å². The van der Waals surface area contributed by atoms with Crippen LogP contribution in [0.15, 0.2) is 72.6 Å². The number of rotatable bonds is 11. The minimum absolute atomic E-state index is 0.00320. The van der Waals surface area contributed by atoms with E-state index in [1.807, 2.05) is 0 Å². The van der Waals surface area contributed by atoms with Gasteiger partial charge in [-0.1, -0.05) is 87.5 Å². The molecule has 0 spiro atoms. The van der Waals surface area contributed by atoms with Gasteiger partial charge in [0.15, 0.2) is 6.29 Å². The van der Waals surface area contributed by atoms with Crippen molar-refractivity contribution in [1.29, 1.82) is 0 Å². The molecule has 1 atom stereocenters. The van der Waals surface area contributed by atoms with Crippen LogP contribution >= 0.6 is 0 Å². The highest BCUT2D eigenvalue weighted by molar-refractivity contribution is 6.99. The van der Waals surface area contributed by atoms with E-state index in [1.54, 1.807) is 6.08 Å². The van der Waals surface area contributed by atoms with E-state index in [4.69, 9.17) is 13.9 Å². The summed E-state index contributed by atoms with van der Waals surface area (Å²) in [4.78, 5) is 0. The van der Waals surface area contributed by atoms with Gasteiger partial charge in [0.2, 0.25) is 0 Å². The van der Waals surface area contributed by atoms with Gasteiger partial charge in [-0.15, -0.1) is 0 Å². The highest BCUT2D eigenvalue weighted by Gasteiger charge is 2.49. The third-order valence-corrected chi connectivity index (χ3v) is 11.3. The van der Waals surface area contributed by atoms with Gasteiger partial charge in [0.1, 0.15) is 12.4 Å². The van der Waals surface area contributed by atoms with Gasteiger partial charge in [-0.05, 0) is 53.9 Å². The standard InChI is InChI=1S/C28H39FO3Si/c1-28(2,3)33(25-16-8-4-9-17-25,26-18-10-5-11-19-26)32-22-13-6-7-15-24(29)23-31-27-20-12-14-21-30-27/h4-5,8-11,15-19,27H,6-7,12-14,20-23H2,1-3H3. The van der Waals surface area contributed by atoms with Crippen molar-refractivity contribution in [2.24, 2.45) is 0 Å². The summed E-state index contributed by atoms with van der Waals surface area (Å²) in [5, 5.41) is 2.55. The summed E-state index contributed by atoms with van der Waals surface area (Å²) >= 11 is 0. The molecule has 0 amide bonds. The average molecular weight is 471 g/mol. The Morgan fingerprint density at radius 2 is 1.64 bits per heavy atom. The summed E-state index contributed by atoms with van der Waals surface area (Å²) in [7, 11) is -2.49. The van der Waals surface area contributed by atoms with Crippen molar-refractivity contribution in [3.8, 4) is 0 Å². The molecule has 0 saturated carbocycles. The smallest absolute Gasteiger partial charge is 0.261 e. The van der Waals surface area contributed by atoms with Crippen LogP contribution < -0.4 is 10.4 Å². The fourth-order valence-corrected chi connectivity index (χ4v) is 9.17.